The van der Waals surface area contributed by atoms with Crippen LogP contribution in [0.5, 0.6) is 0 Å². The van der Waals surface area contributed by atoms with E-state index in [9.17, 15) is 14.7 Å². The largest absolute Gasteiger partial charge is 0.481 e. The highest BCUT2D eigenvalue weighted by molar-refractivity contribution is 5.79. The first-order chi connectivity index (χ1) is 7.95. The van der Waals surface area contributed by atoms with E-state index < -0.39 is 17.4 Å². The number of carbonyl (C=O) groups excluding carboxylic acids is 1. The van der Waals surface area contributed by atoms with Crippen LogP contribution in [0.1, 0.15) is 19.8 Å². The summed E-state index contributed by atoms with van der Waals surface area (Å²) in [6.45, 7) is 2.00. The average Bonchev–Trinajstić information content (AvgIpc) is 3.04. The van der Waals surface area contributed by atoms with E-state index in [0.29, 0.717) is 6.04 Å². The highest BCUT2D eigenvalue weighted by Crippen LogP contribution is 2.30. The van der Waals surface area contributed by atoms with Gasteiger partial charge in [-0.05, 0) is 19.8 Å². The van der Waals surface area contributed by atoms with Crippen LogP contribution in [0.2, 0.25) is 0 Å². The second-order valence-corrected chi connectivity index (χ2v) is 5.08. The number of nitrogens with zero attached hydrogens (tertiary/aromatic N) is 1. The molecule has 2 fully saturated rings. The molecule has 0 bridgehead atoms. The monoisotopic (exact) mass is 242 g/mol. The molecule has 2 rings (SSSR count). The van der Waals surface area contributed by atoms with Gasteiger partial charge in [0.05, 0.1) is 19.3 Å². The number of carbonyl (C=O) groups is 2. The lowest BCUT2D eigenvalue weighted by atomic mass is 9.85. The van der Waals surface area contributed by atoms with Gasteiger partial charge in [-0.15, -0.1) is 0 Å². The van der Waals surface area contributed by atoms with Gasteiger partial charge in [0.2, 0.25) is 0 Å². The number of rotatable bonds is 3. The van der Waals surface area contributed by atoms with Gasteiger partial charge in [0.25, 0.3) is 0 Å². The quantitative estimate of drug-likeness (QED) is 0.745. The third-order valence-electron chi connectivity index (χ3n) is 3.66. The Labute approximate surface area is 99.9 Å². The summed E-state index contributed by atoms with van der Waals surface area (Å²) in [4.78, 5) is 24.7. The van der Waals surface area contributed by atoms with Crippen molar-refractivity contribution < 1.29 is 19.4 Å². The number of aliphatic carboxylic acids is 1. The topological polar surface area (TPSA) is 78.9 Å². The molecule has 1 saturated carbocycles. The van der Waals surface area contributed by atoms with E-state index in [1.54, 1.807) is 18.9 Å². The second-order valence-electron chi connectivity index (χ2n) is 5.08. The summed E-state index contributed by atoms with van der Waals surface area (Å²) in [5, 5.41) is 11.9. The minimum Gasteiger partial charge on any atom is -0.481 e. The van der Waals surface area contributed by atoms with Crippen molar-refractivity contribution >= 4 is 12.0 Å². The number of nitrogens with one attached hydrogen (secondary N) is 1. The van der Waals surface area contributed by atoms with Crippen LogP contribution in [0.15, 0.2) is 0 Å². The van der Waals surface area contributed by atoms with E-state index in [0.717, 1.165) is 12.8 Å². The molecule has 6 nitrogen and oxygen atoms in total. The fourth-order valence-electron chi connectivity index (χ4n) is 1.96. The van der Waals surface area contributed by atoms with Crippen molar-refractivity contribution in [1.82, 2.24) is 10.2 Å². The summed E-state index contributed by atoms with van der Waals surface area (Å²) in [6.07, 6.45) is 2.06. The van der Waals surface area contributed by atoms with Crippen molar-refractivity contribution in [2.45, 2.75) is 31.8 Å². The first-order valence-electron chi connectivity index (χ1n) is 5.79. The van der Waals surface area contributed by atoms with Gasteiger partial charge in [-0.25, -0.2) is 4.79 Å². The highest BCUT2D eigenvalue weighted by Gasteiger charge is 2.48. The normalized spacial score (nSPS) is 32.2. The van der Waals surface area contributed by atoms with Crippen molar-refractivity contribution in [1.29, 1.82) is 0 Å². The van der Waals surface area contributed by atoms with E-state index in [2.05, 4.69) is 5.32 Å². The van der Waals surface area contributed by atoms with Gasteiger partial charge >= 0.3 is 12.0 Å². The summed E-state index contributed by atoms with van der Waals surface area (Å²) < 4.78 is 5.18. The standard InChI is InChI=1S/C11H18N2O4/c1-11(9(14)15)6-17-5-8(11)12-10(16)13(2)7-3-4-7/h7-8H,3-6H2,1-2H3,(H,12,16)(H,14,15). The van der Waals surface area contributed by atoms with Gasteiger partial charge < -0.3 is 20.1 Å². The fraction of sp³-hybridized carbons (Fsp3) is 0.818. The minimum absolute atomic E-state index is 0.139. The predicted molar refractivity (Wildman–Crippen MR) is 59.7 cm³/mol. The molecule has 2 N–H and O–H groups in total. The Morgan fingerprint density at radius 1 is 1.47 bits per heavy atom. The van der Waals surface area contributed by atoms with Gasteiger partial charge in [0.1, 0.15) is 5.41 Å². The zero-order chi connectivity index (χ0) is 12.6. The van der Waals surface area contributed by atoms with Crippen molar-refractivity contribution in [3.63, 3.8) is 0 Å². The van der Waals surface area contributed by atoms with Crippen molar-refractivity contribution in [2.24, 2.45) is 5.41 Å². The molecule has 17 heavy (non-hydrogen) atoms. The molecule has 2 atom stereocenters. The van der Waals surface area contributed by atoms with Crippen LogP contribution in [0, 0.1) is 5.41 Å². The molecule has 1 aliphatic carbocycles. The van der Waals surface area contributed by atoms with E-state index >= 15 is 0 Å². The maximum Gasteiger partial charge on any atom is 0.317 e. The van der Waals surface area contributed by atoms with Crippen LogP contribution >= 0.6 is 0 Å². The SMILES string of the molecule is CN(C(=O)NC1COCC1(C)C(=O)O)C1CC1. The van der Waals surface area contributed by atoms with Crippen LogP contribution in [-0.2, 0) is 9.53 Å². The minimum atomic E-state index is -1.03. The lowest BCUT2D eigenvalue weighted by Crippen LogP contribution is -2.53. The maximum absolute atomic E-state index is 11.9. The van der Waals surface area contributed by atoms with Gasteiger partial charge in [0.15, 0.2) is 0 Å². The first-order valence-corrected chi connectivity index (χ1v) is 5.79. The number of carboxylic acids is 1. The number of hydrogen-bond donors (Lipinski definition) is 2. The molecule has 0 aromatic heterocycles. The molecular formula is C11H18N2O4. The lowest BCUT2D eigenvalue weighted by Gasteiger charge is -2.27. The maximum atomic E-state index is 11.9. The molecule has 0 spiro atoms. The molecule has 96 valence electrons. The van der Waals surface area contributed by atoms with E-state index in [4.69, 9.17) is 4.74 Å². The summed E-state index contributed by atoms with van der Waals surface area (Å²) in [5.74, 6) is -0.936. The Bertz CT molecular complexity index is 342. The lowest BCUT2D eigenvalue weighted by molar-refractivity contribution is -0.148. The van der Waals surface area contributed by atoms with Gasteiger partial charge in [-0.3, -0.25) is 4.79 Å². The van der Waals surface area contributed by atoms with E-state index in [1.165, 1.54) is 0 Å². The molecule has 1 aliphatic heterocycles. The second kappa shape index (κ2) is 4.18. The van der Waals surface area contributed by atoms with Crippen LogP contribution in [-0.4, -0.2) is 54.4 Å². The number of carboxylic acid groups (broad SMARTS) is 1. The Morgan fingerprint density at radius 3 is 2.65 bits per heavy atom. The van der Waals surface area contributed by atoms with E-state index in [-0.39, 0.29) is 19.2 Å². The molecular weight excluding hydrogens is 224 g/mol. The number of urea groups is 1. The number of ether oxygens (including phenoxy) is 1. The summed E-state index contributed by atoms with van der Waals surface area (Å²) in [5.41, 5.74) is -1.03. The summed E-state index contributed by atoms with van der Waals surface area (Å²) in [7, 11) is 1.74. The Morgan fingerprint density at radius 2 is 2.12 bits per heavy atom. The van der Waals surface area contributed by atoms with Crippen molar-refractivity contribution in [3.05, 3.63) is 0 Å². The summed E-state index contributed by atoms with van der Waals surface area (Å²) >= 11 is 0. The van der Waals surface area contributed by atoms with Gasteiger partial charge in [-0.1, -0.05) is 0 Å². The van der Waals surface area contributed by atoms with Crippen LogP contribution in [0.4, 0.5) is 4.79 Å². The van der Waals surface area contributed by atoms with E-state index in [1.807, 2.05) is 0 Å². The molecule has 0 radical (unpaired) electrons. The fourth-order valence-corrected chi connectivity index (χ4v) is 1.96. The summed E-state index contributed by atoms with van der Waals surface area (Å²) in [6, 6.07) is -0.363. The molecule has 0 aromatic rings. The van der Waals surface area contributed by atoms with Gasteiger partial charge in [-0.2, -0.15) is 0 Å². The Balaban J connectivity index is 1.97. The van der Waals surface area contributed by atoms with Crippen LogP contribution < -0.4 is 5.32 Å². The van der Waals surface area contributed by atoms with Crippen LogP contribution in [0.3, 0.4) is 0 Å². The van der Waals surface area contributed by atoms with Crippen molar-refractivity contribution in [3.8, 4) is 0 Å². The molecule has 6 heteroatoms. The third-order valence-corrected chi connectivity index (χ3v) is 3.66. The molecule has 2 aliphatic rings. The van der Waals surface area contributed by atoms with Crippen molar-refractivity contribution in [2.75, 3.05) is 20.3 Å². The van der Waals surface area contributed by atoms with Gasteiger partial charge in [0, 0.05) is 13.1 Å². The zero-order valence-electron chi connectivity index (χ0n) is 10.1. The predicted octanol–water partition coefficient (Wildman–Crippen LogP) is 0.280. The Kier molecular flexibility index (Phi) is 2.99. The van der Waals surface area contributed by atoms with Crippen LogP contribution in [0.25, 0.3) is 0 Å². The zero-order valence-corrected chi connectivity index (χ0v) is 10.1. The smallest absolute Gasteiger partial charge is 0.317 e. The highest BCUT2D eigenvalue weighted by atomic mass is 16.5. The third kappa shape index (κ3) is 2.22. The number of hydrogen-bond acceptors (Lipinski definition) is 3. The average molecular weight is 242 g/mol. The molecule has 0 aromatic carbocycles. The number of amides is 2. The Hall–Kier alpha value is -1.30. The molecule has 2 amide bonds. The first kappa shape index (κ1) is 12.2. The molecule has 1 heterocycles. The molecule has 1 saturated heterocycles. The molecule has 2 unspecified atom stereocenters.